The fraction of sp³-hybridized carbons (Fsp3) is 0.100. The highest BCUT2D eigenvalue weighted by atomic mass is 32.1. The Labute approximate surface area is 165 Å². The van der Waals surface area contributed by atoms with Gasteiger partial charge in [-0.1, -0.05) is 17.4 Å². The maximum absolute atomic E-state index is 12.6. The summed E-state index contributed by atoms with van der Waals surface area (Å²) in [6.45, 7) is 3.64. The van der Waals surface area contributed by atoms with Gasteiger partial charge >= 0.3 is 0 Å². The molecule has 0 fully saturated rings. The second kappa shape index (κ2) is 7.24. The van der Waals surface area contributed by atoms with Crippen LogP contribution in [0, 0.1) is 13.8 Å². The molecule has 0 bridgehead atoms. The van der Waals surface area contributed by atoms with E-state index in [9.17, 15) is 9.90 Å². The van der Waals surface area contributed by atoms with Crippen molar-refractivity contribution in [2.24, 2.45) is 0 Å². The number of nitrogens with one attached hydrogen (secondary N) is 2. The lowest BCUT2D eigenvalue weighted by Gasteiger charge is -2.11. The minimum absolute atomic E-state index is 0.143. The summed E-state index contributed by atoms with van der Waals surface area (Å²) in [5, 5.41) is 16.4. The fourth-order valence-corrected chi connectivity index (χ4v) is 3.49. The summed E-state index contributed by atoms with van der Waals surface area (Å²) in [6.07, 6.45) is 3.23. The number of aromatic nitrogens is 3. The number of phenolic OH excluding ortho intramolecular Hbond substituents is 1. The molecule has 0 saturated carbocycles. The van der Waals surface area contributed by atoms with Gasteiger partial charge in [-0.15, -0.1) is 0 Å². The minimum atomic E-state index is -0.280. The summed E-state index contributed by atoms with van der Waals surface area (Å²) in [5.74, 6) is 0.490. The van der Waals surface area contributed by atoms with Crippen LogP contribution in [-0.4, -0.2) is 26.0 Å². The number of thiazole rings is 1. The normalized spacial score (nSPS) is 10.8. The van der Waals surface area contributed by atoms with Crippen LogP contribution in [-0.2, 0) is 0 Å². The molecule has 0 aliphatic heterocycles. The molecule has 1 aromatic carbocycles. The van der Waals surface area contributed by atoms with Crippen molar-refractivity contribution in [3.05, 3.63) is 64.8 Å². The van der Waals surface area contributed by atoms with Crippen LogP contribution < -0.4 is 10.6 Å². The number of aromatic hydroxyl groups is 1. The quantitative estimate of drug-likeness (QED) is 0.477. The number of aryl methyl sites for hydroxylation is 1. The van der Waals surface area contributed by atoms with Crippen LogP contribution in [0.15, 0.2) is 48.8 Å². The minimum Gasteiger partial charge on any atom is -0.508 e. The summed E-state index contributed by atoms with van der Waals surface area (Å²) in [6, 6.07) is 10.8. The number of nitrogens with zero attached hydrogens (tertiary/aromatic N) is 3. The van der Waals surface area contributed by atoms with Crippen LogP contribution in [0.5, 0.6) is 5.75 Å². The van der Waals surface area contributed by atoms with Crippen molar-refractivity contribution < 1.29 is 9.90 Å². The first kappa shape index (κ1) is 17.9. The van der Waals surface area contributed by atoms with E-state index in [4.69, 9.17) is 0 Å². The van der Waals surface area contributed by atoms with E-state index in [1.54, 1.807) is 25.3 Å². The lowest BCUT2D eigenvalue weighted by Crippen LogP contribution is -2.12. The number of amides is 1. The van der Waals surface area contributed by atoms with E-state index in [1.807, 2.05) is 31.2 Å². The molecular formula is C20H17N5O2S. The summed E-state index contributed by atoms with van der Waals surface area (Å²) in [4.78, 5) is 26.0. The molecule has 28 heavy (non-hydrogen) atoms. The number of phenols is 1. The highest BCUT2D eigenvalue weighted by Gasteiger charge is 2.15. The number of carbonyl (C=O) groups is 1. The zero-order chi connectivity index (χ0) is 19.7. The SMILES string of the molecule is Cc1ccc(O)c(C)c1NC(=O)c1cnc(Nc2ccc3ncccc3n2)s1. The van der Waals surface area contributed by atoms with Crippen molar-refractivity contribution in [3.8, 4) is 5.75 Å². The molecule has 8 heteroatoms. The molecule has 140 valence electrons. The molecule has 3 aromatic heterocycles. The van der Waals surface area contributed by atoms with Gasteiger partial charge in [-0.25, -0.2) is 9.97 Å². The van der Waals surface area contributed by atoms with Crippen LogP contribution in [0.3, 0.4) is 0 Å². The van der Waals surface area contributed by atoms with Crippen LogP contribution in [0.4, 0.5) is 16.6 Å². The van der Waals surface area contributed by atoms with Crippen LogP contribution >= 0.6 is 11.3 Å². The number of anilines is 3. The first-order valence-corrected chi connectivity index (χ1v) is 9.38. The Balaban J connectivity index is 1.52. The topological polar surface area (TPSA) is 100 Å². The van der Waals surface area contributed by atoms with Gasteiger partial charge in [-0.2, -0.15) is 0 Å². The second-order valence-electron chi connectivity index (χ2n) is 6.25. The van der Waals surface area contributed by atoms with Gasteiger partial charge in [0.25, 0.3) is 5.91 Å². The Kier molecular flexibility index (Phi) is 4.62. The van der Waals surface area contributed by atoms with E-state index in [-0.39, 0.29) is 11.7 Å². The molecule has 0 saturated heterocycles. The van der Waals surface area contributed by atoms with E-state index in [2.05, 4.69) is 25.6 Å². The zero-order valence-corrected chi connectivity index (χ0v) is 16.0. The van der Waals surface area contributed by atoms with Crippen molar-refractivity contribution in [2.45, 2.75) is 13.8 Å². The molecule has 0 spiro atoms. The van der Waals surface area contributed by atoms with Crippen molar-refractivity contribution in [1.29, 1.82) is 0 Å². The molecule has 0 aliphatic carbocycles. The molecule has 4 aromatic rings. The van der Waals surface area contributed by atoms with E-state index in [1.165, 1.54) is 17.5 Å². The maximum atomic E-state index is 12.6. The molecular weight excluding hydrogens is 374 g/mol. The third-order valence-corrected chi connectivity index (χ3v) is 5.22. The highest BCUT2D eigenvalue weighted by Crippen LogP contribution is 2.29. The third kappa shape index (κ3) is 3.49. The summed E-state index contributed by atoms with van der Waals surface area (Å²) in [5.41, 5.74) is 3.70. The van der Waals surface area contributed by atoms with Crippen molar-refractivity contribution >= 4 is 44.9 Å². The Morgan fingerprint density at radius 2 is 1.93 bits per heavy atom. The van der Waals surface area contributed by atoms with E-state index in [0.29, 0.717) is 27.1 Å². The number of hydrogen-bond donors (Lipinski definition) is 3. The summed E-state index contributed by atoms with van der Waals surface area (Å²) in [7, 11) is 0. The molecule has 0 unspecified atom stereocenters. The average molecular weight is 391 g/mol. The Morgan fingerprint density at radius 3 is 2.79 bits per heavy atom. The van der Waals surface area contributed by atoms with Gasteiger partial charge in [0.15, 0.2) is 5.13 Å². The average Bonchev–Trinajstić information content (AvgIpc) is 3.16. The molecule has 0 atom stereocenters. The fourth-order valence-electron chi connectivity index (χ4n) is 2.78. The molecule has 7 nitrogen and oxygen atoms in total. The number of fused-ring (bicyclic) bond motifs is 1. The van der Waals surface area contributed by atoms with E-state index >= 15 is 0 Å². The molecule has 3 N–H and O–H groups in total. The number of hydrogen-bond acceptors (Lipinski definition) is 7. The van der Waals surface area contributed by atoms with Gasteiger partial charge in [0.05, 0.1) is 22.9 Å². The standard InChI is InChI=1S/C20H17N5O2S/c1-11-5-7-15(26)12(2)18(11)25-19(27)16-10-22-20(28-16)24-17-8-6-13-14(23-17)4-3-9-21-13/h3-10,26H,1-2H3,(H,25,27)(H,22,23,24). The highest BCUT2D eigenvalue weighted by molar-refractivity contribution is 7.17. The van der Waals surface area contributed by atoms with Gasteiger partial charge in [-0.05, 0) is 49.7 Å². The van der Waals surface area contributed by atoms with E-state index in [0.717, 1.165) is 16.6 Å². The Morgan fingerprint density at radius 1 is 1.07 bits per heavy atom. The lowest BCUT2D eigenvalue weighted by atomic mass is 10.1. The summed E-state index contributed by atoms with van der Waals surface area (Å²) >= 11 is 1.22. The lowest BCUT2D eigenvalue weighted by molar-refractivity contribution is 0.103. The van der Waals surface area contributed by atoms with Gasteiger partial charge in [-0.3, -0.25) is 9.78 Å². The van der Waals surface area contributed by atoms with Gasteiger partial charge in [0.1, 0.15) is 16.4 Å². The van der Waals surface area contributed by atoms with Crippen molar-refractivity contribution in [2.75, 3.05) is 10.6 Å². The number of pyridine rings is 2. The van der Waals surface area contributed by atoms with Crippen LogP contribution in [0.1, 0.15) is 20.8 Å². The summed E-state index contributed by atoms with van der Waals surface area (Å²) < 4.78 is 0. The smallest absolute Gasteiger partial charge is 0.267 e. The van der Waals surface area contributed by atoms with E-state index < -0.39 is 0 Å². The molecule has 0 radical (unpaired) electrons. The third-order valence-electron chi connectivity index (χ3n) is 4.30. The predicted octanol–water partition coefficient (Wildman–Crippen LogP) is 4.40. The molecule has 4 rings (SSSR count). The van der Waals surface area contributed by atoms with Crippen molar-refractivity contribution in [1.82, 2.24) is 15.0 Å². The number of rotatable bonds is 4. The first-order chi connectivity index (χ1) is 13.5. The maximum Gasteiger partial charge on any atom is 0.267 e. The van der Waals surface area contributed by atoms with Gasteiger partial charge in [0, 0.05) is 11.8 Å². The molecule has 1 amide bonds. The predicted molar refractivity (Wildman–Crippen MR) is 110 cm³/mol. The van der Waals surface area contributed by atoms with Gasteiger partial charge in [0.2, 0.25) is 0 Å². The first-order valence-electron chi connectivity index (χ1n) is 8.56. The number of carbonyl (C=O) groups excluding carboxylic acids is 1. The van der Waals surface area contributed by atoms with Gasteiger partial charge < -0.3 is 15.7 Å². The monoisotopic (exact) mass is 391 g/mol. The van der Waals surface area contributed by atoms with Crippen molar-refractivity contribution in [3.63, 3.8) is 0 Å². The second-order valence-corrected chi connectivity index (χ2v) is 7.28. The van der Waals surface area contributed by atoms with Crippen LogP contribution in [0.25, 0.3) is 11.0 Å². The molecule has 3 heterocycles. The number of benzene rings is 1. The zero-order valence-electron chi connectivity index (χ0n) is 15.2. The largest absolute Gasteiger partial charge is 0.508 e. The molecule has 0 aliphatic rings. The Hall–Kier alpha value is -3.52. The Bertz CT molecular complexity index is 1190. The van der Waals surface area contributed by atoms with Crippen LogP contribution in [0.2, 0.25) is 0 Å².